The predicted molar refractivity (Wildman–Crippen MR) is 111 cm³/mol. The molecule has 1 atom stereocenters. The highest BCUT2D eigenvalue weighted by molar-refractivity contribution is 7.13. The Bertz CT molecular complexity index is 1120. The second-order valence-electron chi connectivity index (χ2n) is 7.10. The Morgan fingerprint density at radius 1 is 1.25 bits per heavy atom. The lowest BCUT2D eigenvalue weighted by Gasteiger charge is -2.13. The zero-order valence-corrected chi connectivity index (χ0v) is 17.1. The van der Waals surface area contributed by atoms with E-state index in [-0.39, 0.29) is 18.0 Å². The minimum absolute atomic E-state index is 0.143. The Morgan fingerprint density at radius 3 is 2.71 bits per heavy atom. The van der Waals surface area contributed by atoms with Gasteiger partial charge < -0.3 is 9.73 Å². The molecule has 0 bridgehead atoms. The van der Waals surface area contributed by atoms with Gasteiger partial charge in [0.05, 0.1) is 33.8 Å². The predicted octanol–water partition coefficient (Wildman–Crippen LogP) is 5.13. The Balaban J connectivity index is 1.77. The summed E-state index contributed by atoms with van der Waals surface area (Å²) in [6, 6.07) is 9.51. The van der Waals surface area contributed by atoms with E-state index in [0.29, 0.717) is 11.2 Å². The second kappa shape index (κ2) is 7.24. The maximum atomic E-state index is 13.1. The molecule has 1 N–H and O–H groups in total. The minimum Gasteiger partial charge on any atom is -0.464 e. The molecular formula is C21H22N4O2S. The van der Waals surface area contributed by atoms with Gasteiger partial charge in [-0.1, -0.05) is 6.07 Å². The molecule has 6 nitrogen and oxygen atoms in total. The first-order chi connectivity index (χ1) is 13.4. The molecule has 0 radical (unpaired) electrons. The topological polar surface area (TPSA) is 73.0 Å². The minimum atomic E-state index is -0.241. The van der Waals surface area contributed by atoms with Crippen LogP contribution in [0.4, 0.5) is 0 Å². The van der Waals surface area contributed by atoms with Crippen LogP contribution in [-0.2, 0) is 0 Å². The molecule has 4 rings (SSSR count). The molecule has 0 saturated heterocycles. The number of fused-ring (bicyclic) bond motifs is 1. The lowest BCUT2D eigenvalue weighted by atomic mass is 10.1. The number of rotatable bonds is 5. The molecule has 4 heterocycles. The molecule has 0 aliphatic rings. The standard InChI is InChI=1S/C21H22N4O2S/c1-12(2)25-20-16(11-22-25)15(10-17(24-20)19-6-5-9-28-19)21(26)23-14(4)18-8-7-13(3)27-18/h5-12,14H,1-4H3,(H,23,26). The van der Waals surface area contributed by atoms with E-state index in [0.717, 1.165) is 27.5 Å². The largest absolute Gasteiger partial charge is 0.464 e. The molecule has 0 saturated carbocycles. The highest BCUT2D eigenvalue weighted by atomic mass is 32.1. The van der Waals surface area contributed by atoms with Gasteiger partial charge in [0.15, 0.2) is 5.65 Å². The van der Waals surface area contributed by atoms with E-state index in [1.165, 1.54) is 0 Å². The van der Waals surface area contributed by atoms with Gasteiger partial charge in [-0.25, -0.2) is 9.67 Å². The average Bonchev–Trinajstić information content (AvgIpc) is 3.40. The quantitative estimate of drug-likeness (QED) is 0.509. The van der Waals surface area contributed by atoms with Crippen LogP contribution in [0.1, 0.15) is 54.7 Å². The summed E-state index contributed by atoms with van der Waals surface area (Å²) < 4.78 is 7.50. The molecule has 0 aliphatic heterocycles. The van der Waals surface area contributed by atoms with E-state index in [2.05, 4.69) is 10.4 Å². The van der Waals surface area contributed by atoms with Crippen LogP contribution in [0.5, 0.6) is 0 Å². The normalized spacial score (nSPS) is 12.6. The summed E-state index contributed by atoms with van der Waals surface area (Å²) >= 11 is 1.60. The average molecular weight is 395 g/mol. The van der Waals surface area contributed by atoms with Gasteiger partial charge in [-0.05, 0) is 57.3 Å². The van der Waals surface area contributed by atoms with Crippen LogP contribution in [0.3, 0.4) is 0 Å². The number of carbonyl (C=O) groups is 1. The molecular weight excluding hydrogens is 372 g/mol. The summed E-state index contributed by atoms with van der Waals surface area (Å²) in [6.45, 7) is 7.89. The van der Waals surface area contributed by atoms with Crippen LogP contribution in [0, 0.1) is 6.92 Å². The van der Waals surface area contributed by atoms with Crippen molar-refractivity contribution in [1.82, 2.24) is 20.1 Å². The van der Waals surface area contributed by atoms with Gasteiger partial charge in [0.2, 0.25) is 0 Å². The number of pyridine rings is 1. The van der Waals surface area contributed by atoms with Gasteiger partial charge >= 0.3 is 0 Å². The highest BCUT2D eigenvalue weighted by Crippen LogP contribution is 2.29. The number of nitrogens with one attached hydrogen (secondary N) is 1. The third-order valence-corrected chi connectivity index (χ3v) is 5.50. The molecule has 28 heavy (non-hydrogen) atoms. The van der Waals surface area contributed by atoms with Crippen molar-refractivity contribution in [3.8, 4) is 10.6 Å². The van der Waals surface area contributed by atoms with Crippen molar-refractivity contribution in [2.45, 2.75) is 39.8 Å². The summed E-state index contributed by atoms with van der Waals surface area (Å²) in [5.41, 5.74) is 2.06. The van der Waals surface area contributed by atoms with Crippen LogP contribution < -0.4 is 5.32 Å². The molecule has 1 unspecified atom stereocenters. The van der Waals surface area contributed by atoms with Crippen LogP contribution in [0.15, 0.2) is 46.3 Å². The highest BCUT2D eigenvalue weighted by Gasteiger charge is 2.21. The van der Waals surface area contributed by atoms with Gasteiger partial charge in [-0.3, -0.25) is 4.79 Å². The van der Waals surface area contributed by atoms with Crippen LogP contribution in [-0.4, -0.2) is 20.7 Å². The summed E-state index contributed by atoms with van der Waals surface area (Å²) in [5.74, 6) is 1.38. The number of aromatic nitrogens is 3. The van der Waals surface area contributed by atoms with Crippen molar-refractivity contribution in [3.63, 3.8) is 0 Å². The van der Waals surface area contributed by atoms with Gasteiger partial charge in [-0.2, -0.15) is 5.10 Å². The maximum absolute atomic E-state index is 13.1. The number of hydrogen-bond donors (Lipinski definition) is 1. The molecule has 1 amide bonds. The third-order valence-electron chi connectivity index (χ3n) is 4.61. The van der Waals surface area contributed by atoms with Crippen molar-refractivity contribution in [2.75, 3.05) is 0 Å². The lowest BCUT2D eigenvalue weighted by Crippen LogP contribution is -2.26. The third kappa shape index (κ3) is 3.33. The van der Waals surface area contributed by atoms with Crippen LogP contribution in [0.25, 0.3) is 21.6 Å². The first kappa shape index (κ1) is 18.4. The SMILES string of the molecule is Cc1ccc(C(C)NC(=O)c2cc(-c3cccs3)nc3c2cnn3C(C)C)o1. The fraction of sp³-hybridized carbons (Fsp3) is 0.286. The smallest absolute Gasteiger partial charge is 0.252 e. The zero-order valence-electron chi connectivity index (χ0n) is 16.3. The zero-order chi connectivity index (χ0) is 19.8. The van der Waals surface area contributed by atoms with Gasteiger partial charge in [0.1, 0.15) is 11.5 Å². The Labute approximate surface area is 167 Å². The summed E-state index contributed by atoms with van der Waals surface area (Å²) in [4.78, 5) is 18.9. The van der Waals surface area contributed by atoms with Crippen molar-refractivity contribution in [3.05, 3.63) is 59.0 Å². The van der Waals surface area contributed by atoms with Crippen LogP contribution in [0.2, 0.25) is 0 Å². The molecule has 0 aromatic carbocycles. The number of furan rings is 1. The monoisotopic (exact) mass is 394 g/mol. The molecule has 0 spiro atoms. The van der Waals surface area contributed by atoms with Crippen molar-refractivity contribution >= 4 is 28.3 Å². The van der Waals surface area contributed by atoms with E-state index in [1.807, 2.05) is 68.1 Å². The summed E-state index contributed by atoms with van der Waals surface area (Å²) in [5, 5.41) is 10.2. The summed E-state index contributed by atoms with van der Waals surface area (Å²) in [6.07, 6.45) is 1.72. The summed E-state index contributed by atoms with van der Waals surface area (Å²) in [7, 11) is 0. The fourth-order valence-corrected chi connectivity index (χ4v) is 3.85. The number of carbonyl (C=O) groups excluding carboxylic acids is 1. The van der Waals surface area contributed by atoms with Gasteiger partial charge in [0, 0.05) is 6.04 Å². The van der Waals surface area contributed by atoms with E-state index in [9.17, 15) is 4.79 Å². The van der Waals surface area contributed by atoms with Crippen molar-refractivity contribution in [1.29, 1.82) is 0 Å². The number of thiophene rings is 1. The number of nitrogens with zero attached hydrogens (tertiary/aromatic N) is 3. The van der Waals surface area contributed by atoms with E-state index in [1.54, 1.807) is 17.5 Å². The Morgan fingerprint density at radius 2 is 2.07 bits per heavy atom. The molecule has 4 aromatic rings. The molecule has 0 fully saturated rings. The molecule has 4 aromatic heterocycles. The number of aryl methyl sites for hydroxylation is 1. The molecule has 0 aliphatic carbocycles. The maximum Gasteiger partial charge on any atom is 0.252 e. The van der Waals surface area contributed by atoms with Gasteiger partial charge in [-0.15, -0.1) is 11.3 Å². The van der Waals surface area contributed by atoms with Crippen LogP contribution >= 0.6 is 11.3 Å². The first-order valence-corrected chi connectivity index (χ1v) is 10.1. The van der Waals surface area contributed by atoms with Crippen molar-refractivity contribution in [2.24, 2.45) is 0 Å². The molecule has 144 valence electrons. The fourth-order valence-electron chi connectivity index (χ4n) is 3.17. The molecule has 7 heteroatoms. The van der Waals surface area contributed by atoms with E-state index >= 15 is 0 Å². The van der Waals surface area contributed by atoms with Gasteiger partial charge in [0.25, 0.3) is 5.91 Å². The van der Waals surface area contributed by atoms with E-state index < -0.39 is 0 Å². The Hall–Kier alpha value is -2.93. The number of amides is 1. The Kier molecular flexibility index (Phi) is 4.77. The number of hydrogen-bond acceptors (Lipinski definition) is 5. The van der Waals surface area contributed by atoms with Crippen molar-refractivity contribution < 1.29 is 9.21 Å². The second-order valence-corrected chi connectivity index (χ2v) is 8.04. The lowest BCUT2D eigenvalue weighted by molar-refractivity contribution is 0.0936. The first-order valence-electron chi connectivity index (χ1n) is 9.23. The van der Waals surface area contributed by atoms with E-state index in [4.69, 9.17) is 9.40 Å².